The summed E-state index contributed by atoms with van der Waals surface area (Å²) in [4.78, 5) is 11.5. The van der Waals surface area contributed by atoms with E-state index in [-0.39, 0.29) is 5.97 Å². The van der Waals surface area contributed by atoms with Crippen molar-refractivity contribution in [3.05, 3.63) is 41.2 Å². The van der Waals surface area contributed by atoms with Crippen molar-refractivity contribution in [2.45, 2.75) is 24.4 Å². The van der Waals surface area contributed by atoms with Gasteiger partial charge < -0.3 is 15.0 Å². The van der Waals surface area contributed by atoms with Gasteiger partial charge in [-0.15, -0.1) is 10.2 Å². The second-order valence-corrected chi connectivity index (χ2v) is 5.39. The van der Waals surface area contributed by atoms with Crippen LogP contribution in [0.25, 0.3) is 0 Å². The fourth-order valence-electron chi connectivity index (χ4n) is 1.91. The molecule has 2 rings (SSSR count). The topological polar surface area (TPSA) is 83.0 Å². The van der Waals surface area contributed by atoms with Gasteiger partial charge in [0.05, 0.1) is 12.7 Å². The minimum atomic E-state index is -0.330. The minimum absolute atomic E-state index is 0.330. The quantitative estimate of drug-likeness (QED) is 0.645. The third kappa shape index (κ3) is 3.83. The Balaban J connectivity index is 2.08. The molecule has 0 aliphatic heterocycles. The molecule has 2 N–H and O–H groups in total. The Labute approximate surface area is 127 Å². The first-order valence-corrected chi connectivity index (χ1v) is 7.54. The van der Waals surface area contributed by atoms with E-state index < -0.39 is 0 Å². The number of aromatic nitrogens is 3. The summed E-state index contributed by atoms with van der Waals surface area (Å²) in [5, 5.41) is 9.06. The van der Waals surface area contributed by atoms with Crippen LogP contribution >= 0.6 is 11.8 Å². The summed E-state index contributed by atoms with van der Waals surface area (Å²) in [5.74, 6) is 1.23. The number of nitrogens with zero attached hydrogens (tertiary/aromatic N) is 3. The number of benzene rings is 1. The van der Waals surface area contributed by atoms with Gasteiger partial charge in [-0.2, -0.15) is 0 Å². The molecule has 112 valence electrons. The van der Waals surface area contributed by atoms with E-state index in [9.17, 15) is 4.79 Å². The van der Waals surface area contributed by atoms with E-state index in [0.29, 0.717) is 24.4 Å². The lowest BCUT2D eigenvalue weighted by molar-refractivity contribution is 0.0600. The summed E-state index contributed by atoms with van der Waals surface area (Å²) in [5.41, 5.74) is 7.18. The molecule has 0 aliphatic carbocycles. The molecule has 7 heteroatoms. The predicted molar refractivity (Wildman–Crippen MR) is 81.2 cm³/mol. The van der Waals surface area contributed by atoms with Gasteiger partial charge in [0, 0.05) is 18.8 Å². The zero-order valence-electron chi connectivity index (χ0n) is 12.1. The lowest BCUT2D eigenvalue weighted by Crippen LogP contribution is -2.12. The van der Waals surface area contributed by atoms with E-state index in [0.717, 1.165) is 16.5 Å². The molecule has 0 bridgehead atoms. The average Bonchev–Trinajstić information content (AvgIpc) is 2.86. The zero-order chi connectivity index (χ0) is 15.2. The molecular weight excluding hydrogens is 288 g/mol. The standard InChI is InChI=1S/C14H18N4O2S/c1-10-16-17-14(18(10)7-6-15)21-9-11-4-3-5-12(8-11)13(19)20-2/h3-5,8H,6-7,9,15H2,1-2H3. The SMILES string of the molecule is COC(=O)c1cccc(CSc2nnc(C)n2CCN)c1. The highest BCUT2D eigenvalue weighted by atomic mass is 32.2. The number of rotatable bonds is 6. The van der Waals surface area contributed by atoms with E-state index in [1.165, 1.54) is 7.11 Å². The molecule has 0 radical (unpaired) electrons. The largest absolute Gasteiger partial charge is 0.465 e. The summed E-state index contributed by atoms with van der Waals surface area (Å²) in [7, 11) is 1.38. The maximum Gasteiger partial charge on any atom is 0.337 e. The number of carbonyl (C=O) groups excluding carboxylic acids is 1. The summed E-state index contributed by atoms with van der Waals surface area (Å²) < 4.78 is 6.72. The maximum atomic E-state index is 11.5. The van der Waals surface area contributed by atoms with Crippen LogP contribution in [0.3, 0.4) is 0 Å². The fraction of sp³-hybridized carbons (Fsp3) is 0.357. The molecule has 0 aliphatic rings. The van der Waals surface area contributed by atoms with Crippen molar-refractivity contribution in [2.75, 3.05) is 13.7 Å². The molecule has 0 amide bonds. The molecule has 2 aromatic rings. The van der Waals surface area contributed by atoms with E-state index in [1.807, 2.05) is 29.7 Å². The highest BCUT2D eigenvalue weighted by Gasteiger charge is 2.10. The first kappa shape index (κ1) is 15.5. The zero-order valence-corrected chi connectivity index (χ0v) is 12.9. The van der Waals surface area contributed by atoms with Crippen molar-refractivity contribution in [2.24, 2.45) is 5.73 Å². The number of methoxy groups -OCH3 is 1. The Hall–Kier alpha value is -1.86. The van der Waals surface area contributed by atoms with Gasteiger partial charge in [-0.1, -0.05) is 23.9 Å². The number of thioether (sulfide) groups is 1. The first-order chi connectivity index (χ1) is 10.2. The summed E-state index contributed by atoms with van der Waals surface area (Å²) in [6.07, 6.45) is 0. The van der Waals surface area contributed by atoms with Crippen LogP contribution in [0.5, 0.6) is 0 Å². The summed E-state index contributed by atoms with van der Waals surface area (Å²) >= 11 is 1.57. The molecule has 1 aromatic heterocycles. The highest BCUT2D eigenvalue weighted by Crippen LogP contribution is 2.22. The number of aryl methyl sites for hydroxylation is 1. The van der Waals surface area contributed by atoms with E-state index >= 15 is 0 Å². The number of ether oxygens (including phenoxy) is 1. The van der Waals surface area contributed by atoms with Crippen LogP contribution < -0.4 is 5.73 Å². The van der Waals surface area contributed by atoms with E-state index in [4.69, 9.17) is 10.5 Å². The molecule has 0 unspecified atom stereocenters. The molecule has 0 atom stereocenters. The molecular formula is C14H18N4O2S. The molecule has 0 spiro atoms. The van der Waals surface area contributed by atoms with Gasteiger partial charge in [0.15, 0.2) is 5.16 Å². The van der Waals surface area contributed by atoms with Crippen LogP contribution in [0.1, 0.15) is 21.7 Å². The van der Waals surface area contributed by atoms with Crippen LogP contribution in [0.2, 0.25) is 0 Å². The van der Waals surface area contributed by atoms with Crippen molar-refractivity contribution < 1.29 is 9.53 Å². The lowest BCUT2D eigenvalue weighted by atomic mass is 10.1. The average molecular weight is 306 g/mol. The monoisotopic (exact) mass is 306 g/mol. The number of esters is 1. The van der Waals surface area contributed by atoms with E-state index in [2.05, 4.69) is 10.2 Å². The molecule has 6 nitrogen and oxygen atoms in total. The van der Waals surface area contributed by atoms with Gasteiger partial charge >= 0.3 is 5.97 Å². The second kappa shape index (κ2) is 7.24. The second-order valence-electron chi connectivity index (χ2n) is 4.45. The number of carbonyl (C=O) groups is 1. The van der Waals surface area contributed by atoms with Crippen LogP contribution in [0.4, 0.5) is 0 Å². The molecule has 1 heterocycles. The van der Waals surface area contributed by atoms with Gasteiger partial charge in [0.1, 0.15) is 5.82 Å². The van der Waals surface area contributed by atoms with Crippen LogP contribution in [0.15, 0.2) is 29.4 Å². The van der Waals surface area contributed by atoms with Crippen molar-refractivity contribution in [3.63, 3.8) is 0 Å². The highest BCUT2D eigenvalue weighted by molar-refractivity contribution is 7.98. The molecule has 1 aromatic carbocycles. The third-order valence-corrected chi connectivity index (χ3v) is 4.01. The Morgan fingerprint density at radius 1 is 1.43 bits per heavy atom. The van der Waals surface area contributed by atoms with Gasteiger partial charge in [-0.05, 0) is 24.6 Å². The van der Waals surface area contributed by atoms with Gasteiger partial charge in [-0.3, -0.25) is 0 Å². The third-order valence-electron chi connectivity index (χ3n) is 2.97. The minimum Gasteiger partial charge on any atom is -0.465 e. The number of hydrogen-bond acceptors (Lipinski definition) is 6. The van der Waals surface area contributed by atoms with Crippen molar-refractivity contribution in [1.82, 2.24) is 14.8 Å². The Kier molecular flexibility index (Phi) is 5.35. The fourth-order valence-corrected chi connectivity index (χ4v) is 2.86. The summed E-state index contributed by atoms with van der Waals surface area (Å²) in [6.45, 7) is 3.15. The normalized spacial score (nSPS) is 10.6. The number of hydrogen-bond donors (Lipinski definition) is 1. The van der Waals surface area contributed by atoms with Gasteiger partial charge in [-0.25, -0.2) is 4.79 Å². The molecule has 0 saturated heterocycles. The number of nitrogens with two attached hydrogens (primary N) is 1. The molecule has 21 heavy (non-hydrogen) atoms. The molecule has 0 fully saturated rings. The van der Waals surface area contributed by atoms with Crippen molar-refractivity contribution in [3.8, 4) is 0 Å². The molecule has 0 saturated carbocycles. The van der Waals surface area contributed by atoms with Crippen LogP contribution in [-0.2, 0) is 17.0 Å². The van der Waals surface area contributed by atoms with Crippen molar-refractivity contribution >= 4 is 17.7 Å². The Morgan fingerprint density at radius 3 is 2.95 bits per heavy atom. The van der Waals surface area contributed by atoms with Gasteiger partial charge in [0.25, 0.3) is 0 Å². The van der Waals surface area contributed by atoms with Crippen molar-refractivity contribution in [1.29, 1.82) is 0 Å². The predicted octanol–water partition coefficient (Wildman–Crippen LogP) is 1.62. The maximum absolute atomic E-state index is 11.5. The van der Waals surface area contributed by atoms with E-state index in [1.54, 1.807) is 17.8 Å². The van der Waals surface area contributed by atoms with Crippen LogP contribution in [-0.4, -0.2) is 34.4 Å². The smallest absolute Gasteiger partial charge is 0.337 e. The summed E-state index contributed by atoms with van der Waals surface area (Å²) in [6, 6.07) is 7.38. The van der Waals surface area contributed by atoms with Crippen LogP contribution in [0, 0.1) is 6.92 Å². The first-order valence-electron chi connectivity index (χ1n) is 6.55. The Bertz CT molecular complexity index is 627. The Morgan fingerprint density at radius 2 is 2.24 bits per heavy atom. The van der Waals surface area contributed by atoms with Gasteiger partial charge in [0.2, 0.25) is 0 Å². The lowest BCUT2D eigenvalue weighted by Gasteiger charge is -2.07.